The summed E-state index contributed by atoms with van der Waals surface area (Å²) in [5.74, 6) is 0.683. The van der Waals surface area contributed by atoms with Crippen molar-refractivity contribution in [2.45, 2.75) is 18.6 Å². The first-order valence-electron chi connectivity index (χ1n) is 7.70. The minimum atomic E-state index is -0.232. The molecular formula is C16H17N5O2. The van der Waals surface area contributed by atoms with Gasteiger partial charge >= 0.3 is 6.09 Å². The summed E-state index contributed by atoms with van der Waals surface area (Å²) in [4.78, 5) is 28.8. The molecule has 4 rings (SSSR count). The average molecular weight is 311 g/mol. The van der Waals surface area contributed by atoms with E-state index in [1.807, 2.05) is 23.1 Å². The quantitative estimate of drug-likeness (QED) is 0.843. The molecule has 0 saturated carbocycles. The van der Waals surface area contributed by atoms with Crippen LogP contribution >= 0.6 is 0 Å². The van der Waals surface area contributed by atoms with Gasteiger partial charge in [0.1, 0.15) is 6.10 Å². The SMILES string of the molecule is O=C1O[C@@H]2CN(c3ncccn3)C[C@@H]2N1CCc1ccccn1. The van der Waals surface area contributed by atoms with Gasteiger partial charge in [0.15, 0.2) is 0 Å². The van der Waals surface area contributed by atoms with E-state index in [2.05, 4.69) is 19.9 Å². The zero-order valence-electron chi connectivity index (χ0n) is 12.6. The third-order valence-electron chi connectivity index (χ3n) is 4.29. The fourth-order valence-electron chi connectivity index (χ4n) is 3.16. The number of hydrogen-bond donors (Lipinski definition) is 0. The van der Waals surface area contributed by atoms with Gasteiger partial charge in [-0.15, -0.1) is 0 Å². The second-order valence-corrected chi connectivity index (χ2v) is 5.71. The normalized spacial score (nSPS) is 23.0. The Kier molecular flexibility index (Phi) is 3.53. The lowest BCUT2D eigenvalue weighted by Crippen LogP contribution is -2.39. The minimum absolute atomic E-state index is 0.0509. The van der Waals surface area contributed by atoms with E-state index in [9.17, 15) is 4.79 Å². The van der Waals surface area contributed by atoms with Crippen LogP contribution in [-0.2, 0) is 11.2 Å². The molecule has 23 heavy (non-hydrogen) atoms. The van der Waals surface area contributed by atoms with Crippen LogP contribution in [0.15, 0.2) is 42.9 Å². The summed E-state index contributed by atoms with van der Waals surface area (Å²) in [7, 11) is 0. The molecule has 0 aromatic carbocycles. The number of rotatable bonds is 4. The van der Waals surface area contributed by atoms with Gasteiger partial charge in [0, 0.05) is 43.8 Å². The largest absolute Gasteiger partial charge is 0.442 e. The average Bonchev–Trinajstić information content (AvgIpc) is 3.12. The minimum Gasteiger partial charge on any atom is -0.442 e. The van der Waals surface area contributed by atoms with Crippen LogP contribution in [0.25, 0.3) is 0 Å². The highest BCUT2D eigenvalue weighted by Crippen LogP contribution is 2.28. The first-order valence-corrected chi connectivity index (χ1v) is 7.70. The van der Waals surface area contributed by atoms with Gasteiger partial charge in [-0.25, -0.2) is 14.8 Å². The molecule has 4 heterocycles. The molecule has 0 spiro atoms. The van der Waals surface area contributed by atoms with Crippen LogP contribution in [-0.4, -0.2) is 57.7 Å². The van der Waals surface area contributed by atoms with E-state index in [-0.39, 0.29) is 18.2 Å². The summed E-state index contributed by atoms with van der Waals surface area (Å²) >= 11 is 0. The van der Waals surface area contributed by atoms with Crippen LogP contribution in [0, 0.1) is 0 Å². The summed E-state index contributed by atoms with van der Waals surface area (Å²) in [6, 6.07) is 7.66. The number of fused-ring (bicyclic) bond motifs is 1. The van der Waals surface area contributed by atoms with Crippen molar-refractivity contribution < 1.29 is 9.53 Å². The van der Waals surface area contributed by atoms with Crippen molar-refractivity contribution in [1.29, 1.82) is 0 Å². The van der Waals surface area contributed by atoms with Gasteiger partial charge < -0.3 is 9.64 Å². The molecule has 118 valence electrons. The van der Waals surface area contributed by atoms with E-state index in [0.717, 1.165) is 12.1 Å². The molecule has 0 radical (unpaired) electrons. The maximum atomic E-state index is 12.1. The topological polar surface area (TPSA) is 71.5 Å². The highest BCUT2D eigenvalue weighted by molar-refractivity contribution is 5.71. The first-order chi connectivity index (χ1) is 11.3. The van der Waals surface area contributed by atoms with Crippen LogP contribution in [0.5, 0.6) is 0 Å². The molecule has 1 amide bonds. The van der Waals surface area contributed by atoms with Crippen LogP contribution < -0.4 is 4.90 Å². The number of nitrogens with zero attached hydrogens (tertiary/aromatic N) is 5. The highest BCUT2D eigenvalue weighted by atomic mass is 16.6. The molecule has 2 aromatic heterocycles. The van der Waals surface area contributed by atoms with Crippen LogP contribution in [0.3, 0.4) is 0 Å². The molecular weight excluding hydrogens is 294 g/mol. The molecule has 0 unspecified atom stereocenters. The van der Waals surface area contributed by atoms with Crippen molar-refractivity contribution in [2.75, 3.05) is 24.5 Å². The zero-order chi connectivity index (χ0) is 15.6. The zero-order valence-corrected chi connectivity index (χ0v) is 12.6. The van der Waals surface area contributed by atoms with Crippen molar-refractivity contribution >= 4 is 12.0 Å². The molecule has 2 aliphatic heterocycles. The van der Waals surface area contributed by atoms with Crippen LogP contribution in [0.2, 0.25) is 0 Å². The first kappa shape index (κ1) is 13.9. The number of anilines is 1. The number of amides is 1. The number of aromatic nitrogens is 3. The molecule has 2 saturated heterocycles. The number of carbonyl (C=O) groups excluding carboxylic acids is 1. The van der Waals surface area contributed by atoms with Crippen molar-refractivity contribution in [3.63, 3.8) is 0 Å². The maximum absolute atomic E-state index is 12.1. The molecule has 2 aliphatic rings. The molecule has 7 nitrogen and oxygen atoms in total. The van der Waals surface area contributed by atoms with Gasteiger partial charge in [0.05, 0.1) is 12.6 Å². The fraction of sp³-hybridized carbons (Fsp3) is 0.375. The van der Waals surface area contributed by atoms with Crippen molar-refractivity contribution in [3.8, 4) is 0 Å². The Hall–Kier alpha value is -2.70. The monoisotopic (exact) mass is 311 g/mol. The second-order valence-electron chi connectivity index (χ2n) is 5.71. The fourth-order valence-corrected chi connectivity index (χ4v) is 3.16. The lowest BCUT2D eigenvalue weighted by atomic mass is 10.2. The number of hydrogen-bond acceptors (Lipinski definition) is 6. The summed E-state index contributed by atoms with van der Waals surface area (Å²) in [6.45, 7) is 1.95. The summed E-state index contributed by atoms with van der Waals surface area (Å²) in [5.41, 5.74) is 0.977. The van der Waals surface area contributed by atoms with Crippen molar-refractivity contribution in [3.05, 3.63) is 48.5 Å². The Balaban J connectivity index is 1.44. The summed E-state index contributed by atoms with van der Waals surface area (Å²) in [5, 5.41) is 0. The Morgan fingerprint density at radius 2 is 1.91 bits per heavy atom. The van der Waals surface area contributed by atoms with E-state index in [0.29, 0.717) is 25.6 Å². The van der Waals surface area contributed by atoms with Crippen LogP contribution in [0.4, 0.5) is 10.7 Å². The molecule has 2 fully saturated rings. The lowest BCUT2D eigenvalue weighted by Gasteiger charge is -2.22. The predicted molar refractivity (Wildman–Crippen MR) is 82.9 cm³/mol. The van der Waals surface area contributed by atoms with E-state index in [1.54, 1.807) is 24.7 Å². The molecule has 0 N–H and O–H groups in total. The van der Waals surface area contributed by atoms with E-state index < -0.39 is 0 Å². The van der Waals surface area contributed by atoms with Gasteiger partial charge in [-0.1, -0.05) is 6.07 Å². The molecule has 0 aliphatic carbocycles. The predicted octanol–water partition coefficient (Wildman–Crippen LogP) is 1.12. The van der Waals surface area contributed by atoms with Gasteiger partial charge in [0.25, 0.3) is 0 Å². The molecule has 2 atom stereocenters. The van der Waals surface area contributed by atoms with E-state index in [4.69, 9.17) is 4.74 Å². The van der Waals surface area contributed by atoms with Gasteiger partial charge in [-0.3, -0.25) is 9.88 Å². The number of carbonyl (C=O) groups is 1. The van der Waals surface area contributed by atoms with Gasteiger partial charge in [-0.2, -0.15) is 0 Å². The summed E-state index contributed by atoms with van der Waals surface area (Å²) in [6.07, 6.45) is 5.59. The van der Waals surface area contributed by atoms with Gasteiger partial charge in [0.2, 0.25) is 5.95 Å². The third-order valence-corrected chi connectivity index (χ3v) is 4.29. The molecule has 0 bridgehead atoms. The van der Waals surface area contributed by atoms with Gasteiger partial charge in [-0.05, 0) is 18.2 Å². The summed E-state index contributed by atoms with van der Waals surface area (Å²) < 4.78 is 5.51. The van der Waals surface area contributed by atoms with Crippen molar-refractivity contribution in [2.24, 2.45) is 0 Å². The maximum Gasteiger partial charge on any atom is 0.410 e. The number of pyridine rings is 1. The highest BCUT2D eigenvalue weighted by Gasteiger charge is 2.47. The Morgan fingerprint density at radius 3 is 2.70 bits per heavy atom. The second kappa shape index (κ2) is 5.83. The lowest BCUT2D eigenvalue weighted by molar-refractivity contribution is 0.136. The van der Waals surface area contributed by atoms with Crippen molar-refractivity contribution in [1.82, 2.24) is 19.9 Å². The Labute approximate surface area is 133 Å². The smallest absolute Gasteiger partial charge is 0.410 e. The molecule has 2 aromatic rings. The van der Waals surface area contributed by atoms with E-state index >= 15 is 0 Å². The Bertz CT molecular complexity index is 681. The third kappa shape index (κ3) is 2.69. The molecule has 7 heteroatoms. The van der Waals surface area contributed by atoms with E-state index in [1.165, 1.54) is 0 Å². The van der Waals surface area contributed by atoms with Crippen LogP contribution in [0.1, 0.15) is 5.69 Å². The number of ether oxygens (including phenoxy) is 1. The Morgan fingerprint density at radius 1 is 1.09 bits per heavy atom. The standard InChI is InChI=1S/C16H17N5O2/c22-16-21(9-5-12-4-1-2-6-17-12)13-10-20(11-14(13)23-16)15-18-7-3-8-19-15/h1-4,6-8,13-14H,5,9-11H2/t13-,14+/m0/s1.